The van der Waals surface area contributed by atoms with Gasteiger partial charge in [0.1, 0.15) is 26.4 Å². The standard InChI is InChI=1S/C17H25BrFN3OS/c1-15(2,3)24(23)22-17(6,10-9-16(4,5)11-20)14-12(19)7-8-13(18)21-14/h7-8,22H,9-10H2,1-6H3. The number of rotatable bonds is 6. The number of hydrogen-bond donors (Lipinski definition) is 1. The summed E-state index contributed by atoms with van der Waals surface area (Å²) < 4.78 is 30.1. The highest BCUT2D eigenvalue weighted by molar-refractivity contribution is 9.10. The Morgan fingerprint density at radius 1 is 1.25 bits per heavy atom. The average molecular weight is 418 g/mol. The van der Waals surface area contributed by atoms with E-state index in [0.717, 1.165) is 0 Å². The molecule has 0 aliphatic rings. The molecule has 24 heavy (non-hydrogen) atoms. The molecule has 2 atom stereocenters. The van der Waals surface area contributed by atoms with Crippen LogP contribution in [-0.2, 0) is 16.9 Å². The van der Waals surface area contributed by atoms with Crippen molar-refractivity contribution in [2.75, 3.05) is 0 Å². The number of halogens is 2. The van der Waals surface area contributed by atoms with E-state index < -0.39 is 32.9 Å². The van der Waals surface area contributed by atoms with Gasteiger partial charge in [0.05, 0.1) is 11.5 Å². The molecule has 4 nitrogen and oxygen atoms in total. The Morgan fingerprint density at radius 2 is 1.83 bits per heavy atom. The van der Waals surface area contributed by atoms with E-state index in [9.17, 15) is 14.2 Å². The van der Waals surface area contributed by atoms with Gasteiger partial charge in [-0.3, -0.25) is 0 Å². The second-order valence-electron chi connectivity index (χ2n) is 7.78. The van der Waals surface area contributed by atoms with Crippen LogP contribution in [0.1, 0.15) is 60.1 Å². The molecular formula is C17H25BrFN3OS. The van der Waals surface area contributed by atoms with Gasteiger partial charge in [-0.25, -0.2) is 9.37 Å². The lowest BCUT2D eigenvalue weighted by molar-refractivity contribution is 0.306. The van der Waals surface area contributed by atoms with Crippen molar-refractivity contribution in [1.29, 1.82) is 5.26 Å². The Bertz CT molecular complexity index is 627. The molecule has 1 N–H and O–H groups in total. The van der Waals surface area contributed by atoms with Crippen molar-refractivity contribution in [3.05, 3.63) is 28.2 Å². The van der Waals surface area contributed by atoms with Gasteiger partial charge in [-0.15, -0.1) is 4.72 Å². The summed E-state index contributed by atoms with van der Waals surface area (Å²) in [5.41, 5.74) is -1.32. The predicted molar refractivity (Wildman–Crippen MR) is 98.9 cm³/mol. The zero-order valence-corrected chi connectivity index (χ0v) is 17.4. The molecule has 134 valence electrons. The quantitative estimate of drug-likeness (QED) is 0.542. The monoisotopic (exact) mass is 417 g/mol. The predicted octanol–water partition coefficient (Wildman–Crippen LogP) is 4.58. The molecule has 1 aromatic rings. The van der Waals surface area contributed by atoms with Gasteiger partial charge in [-0.05, 0) is 82.4 Å². The minimum Gasteiger partial charge on any atom is -0.598 e. The second-order valence-corrected chi connectivity index (χ2v) is 10.6. The van der Waals surface area contributed by atoms with Crippen LogP contribution in [0.25, 0.3) is 0 Å². The minimum absolute atomic E-state index is 0.197. The third-order valence-corrected chi connectivity index (χ3v) is 5.95. The summed E-state index contributed by atoms with van der Waals surface area (Å²) in [5, 5.41) is 9.24. The van der Waals surface area contributed by atoms with Gasteiger partial charge in [0.2, 0.25) is 0 Å². The summed E-state index contributed by atoms with van der Waals surface area (Å²) in [7, 11) is 0. The van der Waals surface area contributed by atoms with Gasteiger partial charge < -0.3 is 4.55 Å². The Labute approximate surface area is 155 Å². The normalized spacial score (nSPS) is 16.3. The smallest absolute Gasteiger partial charge is 0.146 e. The Morgan fingerprint density at radius 3 is 2.33 bits per heavy atom. The van der Waals surface area contributed by atoms with Gasteiger partial charge in [0, 0.05) is 11.4 Å². The topological polar surface area (TPSA) is 71.8 Å². The SMILES string of the molecule is CC(C)(C#N)CCC(C)(N[S+]([O-])C(C)(C)C)c1nc(Br)ccc1F. The maximum absolute atomic E-state index is 14.4. The molecule has 1 heterocycles. The van der Waals surface area contributed by atoms with E-state index in [1.807, 2.05) is 34.6 Å². The molecule has 0 radical (unpaired) electrons. The highest BCUT2D eigenvalue weighted by Gasteiger charge is 2.40. The first-order valence-electron chi connectivity index (χ1n) is 7.74. The zero-order chi connectivity index (χ0) is 18.8. The van der Waals surface area contributed by atoms with E-state index in [2.05, 4.69) is 31.7 Å². The summed E-state index contributed by atoms with van der Waals surface area (Å²) in [6.45, 7) is 11.0. The third kappa shape index (κ3) is 5.69. The maximum atomic E-state index is 14.4. The molecule has 0 amide bonds. The first-order chi connectivity index (χ1) is 10.8. The Kier molecular flexibility index (Phi) is 6.85. The van der Waals surface area contributed by atoms with E-state index >= 15 is 0 Å². The molecule has 0 aromatic carbocycles. The first kappa shape index (κ1) is 21.4. The molecule has 1 rings (SSSR count). The molecule has 0 spiro atoms. The fourth-order valence-electron chi connectivity index (χ4n) is 2.00. The van der Waals surface area contributed by atoms with E-state index in [0.29, 0.717) is 17.4 Å². The number of nitriles is 1. The van der Waals surface area contributed by atoms with Crippen LogP contribution in [0.5, 0.6) is 0 Å². The van der Waals surface area contributed by atoms with Crippen LogP contribution in [-0.4, -0.2) is 14.3 Å². The number of nitrogens with one attached hydrogen (secondary N) is 1. The average Bonchev–Trinajstić information content (AvgIpc) is 2.47. The number of hydrogen-bond acceptors (Lipinski definition) is 4. The lowest BCUT2D eigenvalue weighted by atomic mass is 9.82. The van der Waals surface area contributed by atoms with E-state index in [1.165, 1.54) is 12.1 Å². The summed E-state index contributed by atoms with van der Waals surface area (Å²) in [4.78, 5) is 4.27. The fraction of sp³-hybridized carbons (Fsp3) is 0.647. The van der Waals surface area contributed by atoms with Crippen LogP contribution >= 0.6 is 15.9 Å². The Hall–Kier alpha value is -0.680. The van der Waals surface area contributed by atoms with Gasteiger partial charge in [-0.2, -0.15) is 5.26 Å². The largest absolute Gasteiger partial charge is 0.598 e. The van der Waals surface area contributed by atoms with Crippen molar-refractivity contribution in [2.45, 2.75) is 64.7 Å². The molecule has 0 saturated carbocycles. The van der Waals surface area contributed by atoms with Gasteiger partial charge in [0.15, 0.2) is 0 Å². The molecule has 0 aliphatic carbocycles. The summed E-state index contributed by atoms with van der Waals surface area (Å²) in [5.74, 6) is -0.464. The fourth-order valence-corrected chi connectivity index (χ4v) is 3.22. The van der Waals surface area contributed by atoms with Crippen molar-refractivity contribution < 1.29 is 8.94 Å². The van der Waals surface area contributed by atoms with E-state index in [4.69, 9.17) is 0 Å². The van der Waals surface area contributed by atoms with Crippen molar-refractivity contribution in [3.8, 4) is 6.07 Å². The van der Waals surface area contributed by atoms with Crippen molar-refractivity contribution in [3.63, 3.8) is 0 Å². The number of nitrogens with zero attached hydrogens (tertiary/aromatic N) is 2. The van der Waals surface area contributed by atoms with Gasteiger partial charge in [-0.1, -0.05) is 0 Å². The van der Waals surface area contributed by atoms with Crippen LogP contribution < -0.4 is 4.72 Å². The summed E-state index contributed by atoms with van der Waals surface area (Å²) in [6.07, 6.45) is 0.942. The lowest BCUT2D eigenvalue weighted by Gasteiger charge is -2.35. The van der Waals surface area contributed by atoms with Crippen molar-refractivity contribution >= 4 is 27.3 Å². The van der Waals surface area contributed by atoms with Crippen molar-refractivity contribution in [2.24, 2.45) is 5.41 Å². The first-order valence-corrected chi connectivity index (χ1v) is 9.68. The lowest BCUT2D eigenvalue weighted by Crippen LogP contribution is -2.51. The minimum atomic E-state index is -1.41. The van der Waals surface area contributed by atoms with Gasteiger partial charge >= 0.3 is 0 Å². The zero-order valence-electron chi connectivity index (χ0n) is 15.0. The van der Waals surface area contributed by atoms with E-state index in [1.54, 1.807) is 6.92 Å². The molecule has 0 aliphatic heterocycles. The molecule has 0 bridgehead atoms. The van der Waals surface area contributed by atoms with Gasteiger partial charge in [0.25, 0.3) is 0 Å². The van der Waals surface area contributed by atoms with Crippen LogP contribution in [0.15, 0.2) is 16.7 Å². The summed E-state index contributed by atoms with van der Waals surface area (Å²) in [6, 6.07) is 5.11. The highest BCUT2D eigenvalue weighted by Crippen LogP contribution is 2.34. The van der Waals surface area contributed by atoms with E-state index in [-0.39, 0.29) is 5.69 Å². The molecule has 0 fully saturated rings. The van der Waals surface area contributed by atoms with Crippen LogP contribution in [0.2, 0.25) is 0 Å². The van der Waals surface area contributed by atoms with Crippen LogP contribution in [0.4, 0.5) is 4.39 Å². The highest BCUT2D eigenvalue weighted by atomic mass is 79.9. The molecule has 1 aromatic heterocycles. The van der Waals surface area contributed by atoms with Crippen LogP contribution in [0.3, 0.4) is 0 Å². The second kappa shape index (κ2) is 7.69. The van der Waals surface area contributed by atoms with Crippen LogP contribution in [0, 0.1) is 22.6 Å². The molecular weight excluding hydrogens is 393 g/mol. The molecule has 0 saturated heterocycles. The van der Waals surface area contributed by atoms with Crippen molar-refractivity contribution in [1.82, 2.24) is 9.71 Å². The molecule has 7 heteroatoms. The number of pyridine rings is 1. The Balaban J connectivity index is 3.25. The molecule has 2 unspecified atom stereocenters. The number of aromatic nitrogens is 1. The third-order valence-electron chi connectivity index (χ3n) is 3.76. The maximum Gasteiger partial charge on any atom is 0.146 e. The summed E-state index contributed by atoms with van der Waals surface area (Å²) >= 11 is 1.86.